The minimum atomic E-state index is -0.0273. The van der Waals surface area contributed by atoms with Gasteiger partial charge in [-0.15, -0.1) is 0 Å². The molecule has 10 rings (SSSR count). The van der Waals surface area contributed by atoms with Gasteiger partial charge in [0, 0.05) is 34.3 Å². The number of hydrogen-bond donors (Lipinski definition) is 0. The zero-order valence-electron chi connectivity index (χ0n) is 28.1. The van der Waals surface area contributed by atoms with E-state index >= 15 is 0 Å². The molecule has 0 N–H and O–H groups in total. The van der Waals surface area contributed by atoms with Crippen molar-refractivity contribution in [2.24, 2.45) is 0 Å². The highest BCUT2D eigenvalue weighted by atomic mass is 14.7. The summed E-state index contributed by atoms with van der Waals surface area (Å²) in [6, 6.07) is 44.8. The number of para-hydroxylation sites is 1. The first-order chi connectivity index (χ1) is 23.9. The second-order valence-electron chi connectivity index (χ2n) is 14.3. The molecule has 0 atom stereocenters. The van der Waals surface area contributed by atoms with Crippen molar-refractivity contribution in [2.45, 2.75) is 33.1 Å². The Hall–Kier alpha value is -5.86. The predicted octanol–water partition coefficient (Wildman–Crippen LogP) is 12.5. The maximum absolute atomic E-state index is 4.85. The van der Waals surface area contributed by atoms with Crippen molar-refractivity contribution >= 4 is 43.2 Å². The molecule has 0 saturated carbocycles. The van der Waals surface area contributed by atoms with E-state index in [1.54, 1.807) is 0 Å². The van der Waals surface area contributed by atoms with Gasteiger partial charge in [0.15, 0.2) is 0 Å². The number of hydrogen-bond acceptors (Lipinski definition) is 2. The van der Waals surface area contributed by atoms with Crippen LogP contribution in [0.15, 0.2) is 134 Å². The van der Waals surface area contributed by atoms with Crippen LogP contribution in [-0.4, -0.2) is 9.97 Å². The average molecular weight is 627 g/mol. The van der Waals surface area contributed by atoms with Crippen molar-refractivity contribution < 1.29 is 0 Å². The highest BCUT2D eigenvalue weighted by Gasteiger charge is 2.37. The van der Waals surface area contributed by atoms with Gasteiger partial charge in [-0.3, -0.25) is 9.97 Å². The smallest absolute Gasteiger partial charge is 0.0718 e. The number of benzene rings is 7. The first-order valence-electron chi connectivity index (χ1n) is 17.1. The second-order valence-corrected chi connectivity index (χ2v) is 14.3. The zero-order valence-corrected chi connectivity index (χ0v) is 28.1. The maximum Gasteiger partial charge on any atom is 0.0718 e. The number of aromatic nitrogens is 2. The molecule has 2 heterocycles. The summed E-state index contributed by atoms with van der Waals surface area (Å²) in [4.78, 5) is 9.49. The van der Waals surface area contributed by atoms with Gasteiger partial charge in [-0.25, -0.2) is 0 Å². The molecule has 9 aromatic rings. The lowest BCUT2D eigenvalue weighted by Gasteiger charge is -2.23. The molecular formula is C47H34N2. The van der Waals surface area contributed by atoms with E-state index < -0.39 is 0 Å². The predicted molar refractivity (Wildman–Crippen MR) is 207 cm³/mol. The number of pyridine rings is 2. The molecule has 232 valence electrons. The van der Waals surface area contributed by atoms with Gasteiger partial charge in [0.25, 0.3) is 0 Å². The highest BCUT2D eigenvalue weighted by molar-refractivity contribution is 6.29. The van der Waals surface area contributed by atoms with E-state index in [0.717, 1.165) is 27.7 Å². The van der Waals surface area contributed by atoms with E-state index in [1.165, 1.54) is 82.4 Å². The summed E-state index contributed by atoms with van der Waals surface area (Å²) in [5.41, 5.74) is 16.0. The fraction of sp³-hybridized carbons (Fsp3) is 0.106. The molecule has 0 fully saturated rings. The lowest BCUT2D eigenvalue weighted by atomic mass is 9.80. The van der Waals surface area contributed by atoms with Gasteiger partial charge in [0.2, 0.25) is 0 Å². The van der Waals surface area contributed by atoms with Gasteiger partial charge in [0.05, 0.1) is 11.2 Å². The largest absolute Gasteiger partial charge is 0.256 e. The Labute approximate surface area is 286 Å². The highest BCUT2D eigenvalue weighted by Crippen LogP contribution is 2.54. The van der Waals surface area contributed by atoms with Gasteiger partial charge >= 0.3 is 0 Å². The molecule has 0 radical (unpaired) electrons. The maximum atomic E-state index is 4.85. The van der Waals surface area contributed by atoms with Crippen molar-refractivity contribution in [3.8, 4) is 44.6 Å². The van der Waals surface area contributed by atoms with E-state index in [4.69, 9.17) is 4.98 Å². The minimum Gasteiger partial charge on any atom is -0.256 e. The summed E-state index contributed by atoms with van der Waals surface area (Å²) in [5, 5.41) is 9.19. The normalized spacial score (nSPS) is 13.5. The first-order valence-corrected chi connectivity index (χ1v) is 17.1. The third-order valence-electron chi connectivity index (χ3n) is 11.1. The van der Waals surface area contributed by atoms with Crippen LogP contribution in [0.1, 0.15) is 36.1 Å². The molecule has 1 aliphatic carbocycles. The number of rotatable bonds is 3. The molecule has 0 saturated heterocycles. The fourth-order valence-electron chi connectivity index (χ4n) is 8.70. The van der Waals surface area contributed by atoms with E-state index in [9.17, 15) is 0 Å². The summed E-state index contributed by atoms with van der Waals surface area (Å²) in [5.74, 6) is 0. The molecule has 49 heavy (non-hydrogen) atoms. The van der Waals surface area contributed by atoms with Gasteiger partial charge in [0.1, 0.15) is 0 Å². The second kappa shape index (κ2) is 10.1. The third-order valence-corrected chi connectivity index (χ3v) is 11.1. The monoisotopic (exact) mass is 626 g/mol. The topological polar surface area (TPSA) is 25.8 Å². The van der Waals surface area contributed by atoms with Crippen molar-refractivity contribution in [2.75, 3.05) is 0 Å². The van der Waals surface area contributed by atoms with Crippen LogP contribution in [0.25, 0.3) is 87.9 Å². The van der Waals surface area contributed by atoms with E-state index in [0.29, 0.717) is 0 Å². The van der Waals surface area contributed by atoms with Gasteiger partial charge in [-0.05, 0) is 121 Å². The van der Waals surface area contributed by atoms with Gasteiger partial charge in [-0.2, -0.15) is 0 Å². The van der Waals surface area contributed by atoms with E-state index in [2.05, 4.69) is 136 Å². The van der Waals surface area contributed by atoms with Crippen molar-refractivity contribution in [3.63, 3.8) is 0 Å². The summed E-state index contributed by atoms with van der Waals surface area (Å²) < 4.78 is 0. The van der Waals surface area contributed by atoms with Crippen LogP contribution in [0.3, 0.4) is 0 Å². The van der Waals surface area contributed by atoms with Crippen LogP contribution < -0.4 is 0 Å². The number of fused-ring (bicyclic) bond motifs is 5. The molecule has 0 amide bonds. The Morgan fingerprint density at radius 2 is 1.18 bits per heavy atom. The lowest BCUT2D eigenvalue weighted by Crippen LogP contribution is -2.14. The van der Waals surface area contributed by atoms with Crippen LogP contribution in [0.4, 0.5) is 0 Å². The Kier molecular flexibility index (Phi) is 5.79. The molecule has 2 heteroatoms. The standard InChI is InChI=1S/C47H34N2/c1-27-21-29(33-16-20-42(48-25-33)34-23-30-9-5-8-12-41(30)49-26-34)13-17-35(27)43-28(2)22-31-14-19-38-45-32(15-18-37(43)44(31)45)24-40-46(38)36-10-6-7-11-39(36)47(40,3)4/h5-26H,1-4H3. The van der Waals surface area contributed by atoms with Crippen LogP contribution >= 0.6 is 0 Å². The Morgan fingerprint density at radius 1 is 0.469 bits per heavy atom. The molecule has 1 aliphatic rings. The van der Waals surface area contributed by atoms with Crippen molar-refractivity contribution in [1.29, 1.82) is 0 Å². The molecule has 7 aromatic carbocycles. The summed E-state index contributed by atoms with van der Waals surface area (Å²) in [6.45, 7) is 9.24. The van der Waals surface area contributed by atoms with Gasteiger partial charge in [-0.1, -0.05) is 111 Å². The van der Waals surface area contributed by atoms with Crippen molar-refractivity contribution in [3.05, 3.63) is 156 Å². The SMILES string of the molecule is Cc1cc(-c2ccc(-c3cnc4ccccc4c3)nc2)ccc1-c1c(C)cc2ccc3c4c(cc5ccc1c2c53)C(C)(C)c1ccccc1-4. The number of nitrogens with zero attached hydrogens (tertiary/aromatic N) is 2. The van der Waals surface area contributed by atoms with E-state index in [-0.39, 0.29) is 5.41 Å². The minimum absolute atomic E-state index is 0.0273. The summed E-state index contributed by atoms with van der Waals surface area (Å²) in [6.07, 6.45) is 3.90. The van der Waals surface area contributed by atoms with Crippen LogP contribution in [0.2, 0.25) is 0 Å². The molecule has 0 aliphatic heterocycles. The van der Waals surface area contributed by atoms with E-state index in [1.807, 2.05) is 30.6 Å². The Balaban J connectivity index is 1.09. The molecule has 2 nitrogen and oxygen atoms in total. The molecule has 0 spiro atoms. The third kappa shape index (κ3) is 4.01. The fourth-order valence-corrected chi connectivity index (χ4v) is 8.70. The van der Waals surface area contributed by atoms with Crippen LogP contribution in [-0.2, 0) is 5.41 Å². The zero-order chi connectivity index (χ0) is 33.0. The Morgan fingerprint density at radius 3 is 1.98 bits per heavy atom. The summed E-state index contributed by atoms with van der Waals surface area (Å²) in [7, 11) is 0. The van der Waals surface area contributed by atoms with Crippen LogP contribution in [0.5, 0.6) is 0 Å². The number of aryl methyl sites for hydroxylation is 2. The molecule has 0 unspecified atom stereocenters. The summed E-state index contributed by atoms with van der Waals surface area (Å²) >= 11 is 0. The average Bonchev–Trinajstić information content (AvgIpc) is 3.36. The lowest BCUT2D eigenvalue weighted by molar-refractivity contribution is 0.661. The van der Waals surface area contributed by atoms with Crippen molar-refractivity contribution in [1.82, 2.24) is 9.97 Å². The molecule has 0 bridgehead atoms. The molecule has 2 aromatic heterocycles. The Bertz CT molecular complexity index is 2800. The first kappa shape index (κ1) is 28.2. The molecular weight excluding hydrogens is 593 g/mol. The van der Waals surface area contributed by atoms with Gasteiger partial charge < -0.3 is 0 Å². The van der Waals surface area contributed by atoms with Crippen LogP contribution in [0, 0.1) is 13.8 Å². The quantitative estimate of drug-likeness (QED) is 0.182.